The fourth-order valence-electron chi connectivity index (χ4n) is 2.49. The average Bonchev–Trinajstić information content (AvgIpc) is 3.07. The second-order valence-corrected chi connectivity index (χ2v) is 6.64. The van der Waals surface area contributed by atoms with Crippen molar-refractivity contribution in [2.45, 2.75) is 26.3 Å². The van der Waals surface area contributed by atoms with E-state index in [0.29, 0.717) is 17.9 Å². The molecule has 0 saturated heterocycles. The highest BCUT2D eigenvalue weighted by atomic mass is 32.1. The van der Waals surface area contributed by atoms with Gasteiger partial charge in [0.25, 0.3) is 0 Å². The van der Waals surface area contributed by atoms with Gasteiger partial charge in [-0.05, 0) is 25.5 Å². The molecule has 0 spiro atoms. The maximum atomic E-state index is 12.3. The molecular weight excluding hydrogens is 342 g/mol. The Hall–Kier alpha value is -2.61. The van der Waals surface area contributed by atoms with Crippen LogP contribution < -0.4 is 15.4 Å². The summed E-state index contributed by atoms with van der Waals surface area (Å²) in [7, 11) is 1.58. The van der Waals surface area contributed by atoms with Crippen LogP contribution >= 0.6 is 11.3 Å². The Bertz CT molecular complexity index is 733. The summed E-state index contributed by atoms with van der Waals surface area (Å²) in [6, 6.07) is 5.14. The lowest BCUT2D eigenvalue weighted by Crippen LogP contribution is -2.34. The third kappa shape index (κ3) is 5.18. The van der Waals surface area contributed by atoms with Gasteiger partial charge in [0.1, 0.15) is 5.75 Å². The summed E-state index contributed by atoms with van der Waals surface area (Å²) in [5.74, 6) is 0.135. The number of hydrogen-bond donors (Lipinski definition) is 3. The highest BCUT2D eigenvalue weighted by Crippen LogP contribution is 2.34. The summed E-state index contributed by atoms with van der Waals surface area (Å²) >= 11 is 1.51. The predicted molar refractivity (Wildman–Crippen MR) is 97.1 cm³/mol. The van der Waals surface area contributed by atoms with Gasteiger partial charge in [0.2, 0.25) is 5.91 Å². The molecule has 0 aliphatic rings. The molecule has 1 aromatic carbocycles. The van der Waals surface area contributed by atoms with Gasteiger partial charge >= 0.3 is 6.09 Å². The summed E-state index contributed by atoms with van der Waals surface area (Å²) in [4.78, 5) is 28.0. The Balaban J connectivity index is 2.04. The van der Waals surface area contributed by atoms with Crippen molar-refractivity contribution in [1.82, 2.24) is 10.3 Å². The second-order valence-electron chi connectivity index (χ2n) is 5.76. The maximum Gasteiger partial charge on any atom is 0.404 e. The van der Waals surface area contributed by atoms with Crippen molar-refractivity contribution < 1.29 is 19.4 Å². The van der Waals surface area contributed by atoms with Crippen molar-refractivity contribution in [3.05, 3.63) is 29.9 Å². The lowest BCUT2D eigenvalue weighted by molar-refractivity contribution is -0.119. The first-order valence-electron chi connectivity index (χ1n) is 7.78. The van der Waals surface area contributed by atoms with E-state index in [-0.39, 0.29) is 17.9 Å². The number of carbonyl (C=O) groups is 2. The molecule has 0 aliphatic heterocycles. The monoisotopic (exact) mass is 363 g/mol. The lowest BCUT2D eigenvalue weighted by atomic mass is 10.0. The van der Waals surface area contributed by atoms with Crippen molar-refractivity contribution in [2.75, 3.05) is 12.4 Å². The zero-order valence-electron chi connectivity index (χ0n) is 14.3. The Morgan fingerprint density at radius 2 is 2.12 bits per heavy atom. The standard InChI is InChI=1S/C17H21N3O4S/c1-10(6-11(2)19-17(22)23)16(21)20-12-4-5-13(14(7-12)24-3)15-8-18-9-25-15/h4-5,7-11,19H,6H2,1-3H3,(H,20,21)(H,22,23). The smallest absolute Gasteiger partial charge is 0.404 e. The second kappa shape index (κ2) is 8.48. The third-order valence-corrected chi connectivity index (χ3v) is 4.50. The van der Waals surface area contributed by atoms with Crippen LogP contribution in [0.3, 0.4) is 0 Å². The summed E-state index contributed by atoms with van der Waals surface area (Å²) < 4.78 is 5.41. The van der Waals surface area contributed by atoms with Crippen LogP contribution in [0.2, 0.25) is 0 Å². The van der Waals surface area contributed by atoms with Crippen molar-refractivity contribution in [3.8, 4) is 16.2 Å². The first kappa shape index (κ1) is 18.7. The van der Waals surface area contributed by atoms with Gasteiger partial charge in [0.15, 0.2) is 0 Å². The molecule has 7 nitrogen and oxygen atoms in total. The van der Waals surface area contributed by atoms with Gasteiger partial charge in [-0.3, -0.25) is 9.78 Å². The molecule has 8 heteroatoms. The van der Waals surface area contributed by atoms with Crippen LogP contribution in [0.4, 0.5) is 10.5 Å². The fraction of sp³-hybridized carbons (Fsp3) is 0.353. The molecule has 0 saturated carbocycles. The number of aromatic nitrogens is 1. The van der Waals surface area contributed by atoms with E-state index in [9.17, 15) is 9.59 Å². The molecule has 3 N–H and O–H groups in total. The van der Waals surface area contributed by atoms with Crippen LogP contribution in [-0.2, 0) is 4.79 Å². The van der Waals surface area contributed by atoms with E-state index in [2.05, 4.69) is 15.6 Å². The maximum absolute atomic E-state index is 12.3. The SMILES string of the molecule is COc1cc(NC(=O)C(C)CC(C)NC(=O)O)ccc1-c1cncs1. The van der Waals surface area contributed by atoms with E-state index in [1.807, 2.05) is 6.07 Å². The minimum Gasteiger partial charge on any atom is -0.496 e. The van der Waals surface area contributed by atoms with E-state index < -0.39 is 6.09 Å². The number of carboxylic acid groups (broad SMARTS) is 1. The first-order chi connectivity index (χ1) is 11.9. The van der Waals surface area contributed by atoms with Gasteiger partial charge in [-0.15, -0.1) is 11.3 Å². The minimum absolute atomic E-state index is 0.174. The highest BCUT2D eigenvalue weighted by Gasteiger charge is 2.18. The molecule has 25 heavy (non-hydrogen) atoms. The van der Waals surface area contributed by atoms with Gasteiger partial charge in [0.05, 0.1) is 17.5 Å². The van der Waals surface area contributed by atoms with Crippen molar-refractivity contribution in [1.29, 1.82) is 0 Å². The number of ether oxygens (including phenoxy) is 1. The highest BCUT2D eigenvalue weighted by molar-refractivity contribution is 7.13. The number of carbonyl (C=O) groups excluding carboxylic acids is 1. The van der Waals surface area contributed by atoms with Crippen LogP contribution in [0.1, 0.15) is 20.3 Å². The minimum atomic E-state index is -1.09. The van der Waals surface area contributed by atoms with E-state index in [0.717, 1.165) is 10.4 Å². The van der Waals surface area contributed by atoms with Crippen LogP contribution in [-0.4, -0.2) is 35.2 Å². The Kier molecular flexibility index (Phi) is 6.35. The molecule has 1 aromatic heterocycles. The molecule has 2 unspecified atom stereocenters. The third-order valence-electron chi connectivity index (χ3n) is 3.69. The zero-order valence-corrected chi connectivity index (χ0v) is 15.1. The predicted octanol–water partition coefficient (Wildman–Crippen LogP) is 3.44. The number of thiazole rings is 1. The van der Waals surface area contributed by atoms with E-state index in [4.69, 9.17) is 9.84 Å². The topological polar surface area (TPSA) is 101 Å². The molecule has 134 valence electrons. The number of benzene rings is 1. The summed E-state index contributed by atoms with van der Waals surface area (Å²) in [5.41, 5.74) is 3.29. The molecule has 2 aromatic rings. The van der Waals surface area contributed by atoms with E-state index >= 15 is 0 Å². The van der Waals surface area contributed by atoms with Crippen molar-refractivity contribution >= 4 is 29.0 Å². The quantitative estimate of drug-likeness (QED) is 0.699. The summed E-state index contributed by atoms with van der Waals surface area (Å²) in [6.07, 6.45) is 1.08. The molecule has 0 bridgehead atoms. The van der Waals surface area contributed by atoms with Crippen LogP contribution in [0.15, 0.2) is 29.9 Å². The van der Waals surface area contributed by atoms with Crippen molar-refractivity contribution in [3.63, 3.8) is 0 Å². The molecule has 0 aliphatic carbocycles. The van der Waals surface area contributed by atoms with Crippen molar-refractivity contribution in [2.24, 2.45) is 5.92 Å². The lowest BCUT2D eigenvalue weighted by Gasteiger charge is -2.17. The van der Waals surface area contributed by atoms with Gasteiger partial charge in [0, 0.05) is 35.5 Å². The van der Waals surface area contributed by atoms with Gasteiger partial charge < -0.3 is 20.5 Å². The largest absolute Gasteiger partial charge is 0.496 e. The molecule has 0 fully saturated rings. The summed E-state index contributed by atoms with van der Waals surface area (Å²) in [5, 5.41) is 13.9. The number of nitrogens with zero attached hydrogens (tertiary/aromatic N) is 1. The normalized spacial score (nSPS) is 12.9. The van der Waals surface area contributed by atoms with E-state index in [1.165, 1.54) is 11.3 Å². The van der Waals surface area contributed by atoms with Gasteiger partial charge in [-0.2, -0.15) is 0 Å². The number of anilines is 1. The van der Waals surface area contributed by atoms with Crippen LogP contribution in [0, 0.1) is 5.92 Å². The first-order valence-corrected chi connectivity index (χ1v) is 8.66. The number of hydrogen-bond acceptors (Lipinski definition) is 5. The Morgan fingerprint density at radius 1 is 1.36 bits per heavy atom. The number of amides is 2. The van der Waals surface area contributed by atoms with Crippen LogP contribution in [0.5, 0.6) is 5.75 Å². The van der Waals surface area contributed by atoms with Gasteiger partial charge in [-0.25, -0.2) is 4.79 Å². The molecule has 2 amide bonds. The van der Waals surface area contributed by atoms with Crippen LogP contribution in [0.25, 0.3) is 10.4 Å². The molecular formula is C17H21N3O4S. The fourth-order valence-corrected chi connectivity index (χ4v) is 3.15. The average molecular weight is 363 g/mol. The number of rotatable bonds is 7. The van der Waals surface area contributed by atoms with Gasteiger partial charge in [-0.1, -0.05) is 6.92 Å². The molecule has 2 rings (SSSR count). The summed E-state index contributed by atoms with van der Waals surface area (Å²) in [6.45, 7) is 3.49. The molecule has 2 atom stereocenters. The zero-order chi connectivity index (χ0) is 18.4. The Morgan fingerprint density at radius 3 is 2.72 bits per heavy atom. The number of methoxy groups -OCH3 is 1. The molecule has 1 heterocycles. The molecule has 0 radical (unpaired) electrons. The number of nitrogens with one attached hydrogen (secondary N) is 2. The Labute approximate surface area is 150 Å². The van der Waals surface area contributed by atoms with E-state index in [1.54, 1.807) is 44.8 Å².